The fraction of sp³-hybridized carbons (Fsp3) is 0.833. The molecule has 0 N–H and O–H groups in total. The molecule has 0 radical (unpaired) electrons. The monoisotopic (exact) mass is 168 g/mol. The topological polar surface area (TPSA) is 0 Å². The molecule has 0 nitrogen and oxygen atoms in total. The molecule has 0 fully saturated rings. The molecular weight excluding hydrogens is 144 g/mol. The van der Waals surface area contributed by atoms with Gasteiger partial charge in [-0.3, -0.25) is 0 Å². The van der Waals surface area contributed by atoms with Gasteiger partial charge < -0.3 is 0 Å². The second kappa shape index (κ2) is 6.28. The Bertz CT molecular complexity index is 124. The van der Waals surface area contributed by atoms with Crippen LogP contribution in [0.3, 0.4) is 0 Å². The summed E-state index contributed by atoms with van der Waals surface area (Å²) in [5, 5.41) is 0. The van der Waals surface area contributed by atoms with Gasteiger partial charge in [-0.15, -0.1) is 0 Å². The van der Waals surface area contributed by atoms with E-state index < -0.39 is 0 Å². The Morgan fingerprint density at radius 1 is 1.08 bits per heavy atom. The molecule has 0 aromatic carbocycles. The SMILES string of the molecule is CC=CC(C)CC(C)C(C)CC. The summed E-state index contributed by atoms with van der Waals surface area (Å²) in [7, 11) is 0. The molecule has 0 aromatic heterocycles. The van der Waals surface area contributed by atoms with Crippen molar-refractivity contribution in [3.8, 4) is 0 Å². The van der Waals surface area contributed by atoms with Crippen molar-refractivity contribution in [1.29, 1.82) is 0 Å². The van der Waals surface area contributed by atoms with Gasteiger partial charge >= 0.3 is 0 Å². The lowest BCUT2D eigenvalue weighted by molar-refractivity contribution is 0.328. The van der Waals surface area contributed by atoms with Crippen molar-refractivity contribution < 1.29 is 0 Å². The molecule has 0 spiro atoms. The van der Waals surface area contributed by atoms with Crippen molar-refractivity contribution in [2.75, 3.05) is 0 Å². The molecule has 12 heavy (non-hydrogen) atoms. The summed E-state index contributed by atoms with van der Waals surface area (Å²) in [6.07, 6.45) is 7.11. The summed E-state index contributed by atoms with van der Waals surface area (Å²) in [4.78, 5) is 0. The van der Waals surface area contributed by atoms with E-state index in [1.165, 1.54) is 12.8 Å². The third kappa shape index (κ3) is 4.58. The molecule has 0 aliphatic heterocycles. The Hall–Kier alpha value is -0.260. The Kier molecular flexibility index (Phi) is 6.14. The summed E-state index contributed by atoms with van der Waals surface area (Å²) >= 11 is 0. The summed E-state index contributed by atoms with van der Waals surface area (Å²) in [5.74, 6) is 2.48. The van der Waals surface area contributed by atoms with Crippen LogP contribution in [0, 0.1) is 17.8 Å². The van der Waals surface area contributed by atoms with Crippen molar-refractivity contribution in [2.45, 2.75) is 47.5 Å². The van der Waals surface area contributed by atoms with Gasteiger partial charge in [-0.25, -0.2) is 0 Å². The Balaban J connectivity index is 3.74. The zero-order valence-corrected chi connectivity index (χ0v) is 9.30. The van der Waals surface area contributed by atoms with E-state index in [0.717, 1.165) is 17.8 Å². The molecule has 0 saturated carbocycles. The van der Waals surface area contributed by atoms with E-state index in [0.29, 0.717) is 0 Å². The van der Waals surface area contributed by atoms with Crippen molar-refractivity contribution in [2.24, 2.45) is 17.8 Å². The lowest BCUT2D eigenvalue weighted by Crippen LogP contribution is -2.09. The van der Waals surface area contributed by atoms with Crippen LogP contribution >= 0.6 is 0 Å². The second-order valence-corrected chi connectivity index (χ2v) is 4.10. The van der Waals surface area contributed by atoms with E-state index in [1.807, 2.05) is 0 Å². The lowest BCUT2D eigenvalue weighted by atomic mass is 9.86. The standard InChI is InChI=1S/C12H24/c1-6-8-10(3)9-12(5)11(4)7-2/h6,8,10-12H,7,9H2,1-5H3. The van der Waals surface area contributed by atoms with Crippen LogP contribution < -0.4 is 0 Å². The molecule has 0 saturated heterocycles. The third-order valence-corrected chi connectivity index (χ3v) is 2.88. The molecular formula is C12H24. The minimum absolute atomic E-state index is 0.749. The molecule has 0 amide bonds. The first-order valence-corrected chi connectivity index (χ1v) is 5.24. The predicted molar refractivity (Wildman–Crippen MR) is 57.2 cm³/mol. The van der Waals surface area contributed by atoms with Gasteiger partial charge in [-0.05, 0) is 31.1 Å². The molecule has 3 unspecified atom stereocenters. The average Bonchev–Trinajstić information content (AvgIpc) is 2.03. The zero-order valence-electron chi connectivity index (χ0n) is 9.30. The van der Waals surface area contributed by atoms with E-state index >= 15 is 0 Å². The summed E-state index contributed by atoms with van der Waals surface area (Å²) in [5.41, 5.74) is 0. The molecule has 0 rings (SSSR count). The first kappa shape index (κ1) is 11.7. The fourth-order valence-corrected chi connectivity index (χ4v) is 1.63. The van der Waals surface area contributed by atoms with Crippen LogP contribution in [0.2, 0.25) is 0 Å². The van der Waals surface area contributed by atoms with Crippen LogP contribution in [0.25, 0.3) is 0 Å². The molecule has 0 bridgehead atoms. The minimum atomic E-state index is 0.749. The molecule has 0 aromatic rings. The van der Waals surface area contributed by atoms with Gasteiger partial charge in [0.15, 0.2) is 0 Å². The van der Waals surface area contributed by atoms with Crippen molar-refractivity contribution in [3.05, 3.63) is 12.2 Å². The number of hydrogen-bond donors (Lipinski definition) is 0. The van der Waals surface area contributed by atoms with Gasteiger partial charge in [0.25, 0.3) is 0 Å². The Morgan fingerprint density at radius 3 is 2.08 bits per heavy atom. The van der Waals surface area contributed by atoms with Crippen molar-refractivity contribution in [1.82, 2.24) is 0 Å². The molecule has 3 atom stereocenters. The maximum Gasteiger partial charge on any atom is -0.0259 e. The van der Waals surface area contributed by atoms with Gasteiger partial charge in [0.2, 0.25) is 0 Å². The van der Waals surface area contributed by atoms with Crippen LogP contribution in [-0.4, -0.2) is 0 Å². The molecule has 0 aliphatic rings. The molecule has 0 heteroatoms. The number of allylic oxidation sites excluding steroid dienone is 2. The van der Waals surface area contributed by atoms with Gasteiger partial charge in [0, 0.05) is 0 Å². The van der Waals surface area contributed by atoms with Gasteiger partial charge in [-0.1, -0.05) is 46.3 Å². The highest BCUT2D eigenvalue weighted by atomic mass is 14.2. The first-order valence-electron chi connectivity index (χ1n) is 5.24. The molecule has 0 aliphatic carbocycles. The van der Waals surface area contributed by atoms with Crippen molar-refractivity contribution in [3.63, 3.8) is 0 Å². The van der Waals surface area contributed by atoms with Crippen LogP contribution in [0.15, 0.2) is 12.2 Å². The second-order valence-electron chi connectivity index (χ2n) is 4.10. The Labute approximate surface area is 78.1 Å². The summed E-state index contributed by atoms with van der Waals surface area (Å²) < 4.78 is 0. The quantitative estimate of drug-likeness (QED) is 0.538. The summed E-state index contributed by atoms with van der Waals surface area (Å²) in [6, 6.07) is 0. The normalized spacial score (nSPS) is 19.4. The predicted octanol–water partition coefficient (Wildman–Crippen LogP) is 4.27. The van der Waals surface area contributed by atoms with E-state index in [2.05, 4.69) is 46.8 Å². The van der Waals surface area contributed by atoms with E-state index in [9.17, 15) is 0 Å². The van der Waals surface area contributed by atoms with Crippen LogP contribution in [0.5, 0.6) is 0 Å². The van der Waals surface area contributed by atoms with E-state index in [-0.39, 0.29) is 0 Å². The molecule has 72 valence electrons. The van der Waals surface area contributed by atoms with Crippen LogP contribution in [-0.2, 0) is 0 Å². The fourth-order valence-electron chi connectivity index (χ4n) is 1.63. The first-order chi connectivity index (χ1) is 5.61. The highest BCUT2D eigenvalue weighted by Crippen LogP contribution is 2.22. The number of rotatable bonds is 5. The largest absolute Gasteiger partial charge is 0.0914 e. The highest BCUT2D eigenvalue weighted by Gasteiger charge is 2.11. The van der Waals surface area contributed by atoms with Gasteiger partial charge in [-0.2, -0.15) is 0 Å². The zero-order chi connectivity index (χ0) is 9.56. The smallest absolute Gasteiger partial charge is 0.0259 e. The van der Waals surface area contributed by atoms with E-state index in [4.69, 9.17) is 0 Å². The lowest BCUT2D eigenvalue weighted by Gasteiger charge is -2.20. The third-order valence-electron chi connectivity index (χ3n) is 2.88. The van der Waals surface area contributed by atoms with Crippen LogP contribution in [0.4, 0.5) is 0 Å². The summed E-state index contributed by atoms with van der Waals surface area (Å²) in [6.45, 7) is 11.4. The molecule has 0 heterocycles. The van der Waals surface area contributed by atoms with Crippen LogP contribution in [0.1, 0.15) is 47.5 Å². The van der Waals surface area contributed by atoms with Crippen molar-refractivity contribution >= 4 is 0 Å². The number of hydrogen-bond acceptors (Lipinski definition) is 0. The maximum atomic E-state index is 2.37. The van der Waals surface area contributed by atoms with Gasteiger partial charge in [0.05, 0.1) is 0 Å². The Morgan fingerprint density at radius 2 is 1.67 bits per heavy atom. The van der Waals surface area contributed by atoms with Gasteiger partial charge in [0.1, 0.15) is 0 Å². The van der Waals surface area contributed by atoms with E-state index in [1.54, 1.807) is 0 Å². The average molecular weight is 168 g/mol. The minimum Gasteiger partial charge on any atom is -0.0914 e. The highest BCUT2D eigenvalue weighted by molar-refractivity contribution is 4.84. The maximum absolute atomic E-state index is 2.37.